The first-order chi connectivity index (χ1) is 13.6. The van der Waals surface area contributed by atoms with E-state index in [1.807, 2.05) is 0 Å². The van der Waals surface area contributed by atoms with Crippen LogP contribution in [0.25, 0.3) is 0 Å². The molecule has 29 heavy (non-hydrogen) atoms. The van der Waals surface area contributed by atoms with Crippen LogP contribution in [0.1, 0.15) is 36.5 Å². The van der Waals surface area contributed by atoms with Gasteiger partial charge in [-0.1, -0.05) is 13.3 Å². The normalized spacial score (nSPS) is 25.0. The number of benzene rings is 1. The van der Waals surface area contributed by atoms with Crippen LogP contribution in [0.2, 0.25) is 0 Å². The minimum atomic E-state index is -3.86. The molecule has 0 radical (unpaired) electrons. The molecule has 2 aliphatic heterocycles. The maximum absolute atomic E-state index is 14.3. The summed E-state index contributed by atoms with van der Waals surface area (Å²) in [4.78, 5) is 14.6. The fourth-order valence-electron chi connectivity index (χ4n) is 3.94. The number of carbonyl (C=O) groups excluding carboxylic acids is 1. The number of hydrogen-bond acceptors (Lipinski definition) is 6. The van der Waals surface area contributed by atoms with Gasteiger partial charge in [0.25, 0.3) is 5.91 Å². The zero-order chi connectivity index (χ0) is 21.2. The van der Waals surface area contributed by atoms with Crippen molar-refractivity contribution in [2.24, 2.45) is 0 Å². The maximum atomic E-state index is 14.3. The van der Waals surface area contributed by atoms with E-state index in [0.717, 1.165) is 50.6 Å². The number of piperidine rings is 1. The molecule has 2 unspecified atom stereocenters. The lowest BCUT2D eigenvalue weighted by atomic mass is 10.0. The molecule has 162 valence electrons. The summed E-state index contributed by atoms with van der Waals surface area (Å²) < 4.78 is 65.3. The van der Waals surface area contributed by atoms with Crippen molar-refractivity contribution in [3.63, 3.8) is 0 Å². The van der Waals surface area contributed by atoms with Gasteiger partial charge in [0.2, 0.25) is 10.0 Å². The van der Waals surface area contributed by atoms with E-state index in [0.29, 0.717) is 0 Å². The van der Waals surface area contributed by atoms with Crippen LogP contribution in [0.5, 0.6) is 0 Å². The van der Waals surface area contributed by atoms with Gasteiger partial charge in [0.05, 0.1) is 28.0 Å². The first-order valence-electron chi connectivity index (χ1n) is 9.67. The Morgan fingerprint density at radius 2 is 1.90 bits per heavy atom. The second kappa shape index (κ2) is 8.66. The highest BCUT2D eigenvalue weighted by molar-refractivity contribution is 7.91. The number of rotatable bonds is 6. The predicted molar refractivity (Wildman–Crippen MR) is 106 cm³/mol. The van der Waals surface area contributed by atoms with E-state index in [4.69, 9.17) is 0 Å². The summed E-state index contributed by atoms with van der Waals surface area (Å²) >= 11 is 0. The third-order valence-electron chi connectivity index (χ3n) is 5.33. The van der Waals surface area contributed by atoms with Crippen LogP contribution < -0.4 is 10.0 Å². The number of halogens is 1. The summed E-state index contributed by atoms with van der Waals surface area (Å²) in [7, 11) is -7.18. The van der Waals surface area contributed by atoms with E-state index < -0.39 is 43.2 Å². The van der Waals surface area contributed by atoms with Gasteiger partial charge in [-0.05, 0) is 44.1 Å². The first kappa shape index (κ1) is 22.1. The third kappa shape index (κ3) is 5.14. The number of nitrogens with zero attached hydrogens (tertiary/aromatic N) is 1. The highest BCUT2D eigenvalue weighted by Gasteiger charge is 2.42. The quantitative estimate of drug-likeness (QED) is 0.657. The van der Waals surface area contributed by atoms with Crippen LogP contribution in [0.3, 0.4) is 0 Å². The molecule has 2 saturated heterocycles. The summed E-state index contributed by atoms with van der Waals surface area (Å²) in [5.41, 5.74) is -0.425. The number of amides is 1. The lowest BCUT2D eigenvalue weighted by Gasteiger charge is -2.35. The minimum absolute atomic E-state index is 0.0464. The number of carbonyl (C=O) groups is 1. The molecule has 0 spiro atoms. The average Bonchev–Trinajstić information content (AvgIpc) is 2.96. The molecule has 0 aromatic heterocycles. The second-order valence-electron chi connectivity index (χ2n) is 7.46. The van der Waals surface area contributed by atoms with Crippen molar-refractivity contribution in [2.75, 3.05) is 31.1 Å². The molecule has 1 amide bonds. The highest BCUT2D eigenvalue weighted by Crippen LogP contribution is 2.23. The van der Waals surface area contributed by atoms with Gasteiger partial charge in [-0.3, -0.25) is 9.69 Å². The number of likely N-dealkylation sites (tertiary alicyclic amines) is 1. The van der Waals surface area contributed by atoms with Gasteiger partial charge in [-0.25, -0.2) is 25.9 Å². The first-order valence-corrected chi connectivity index (χ1v) is 13.0. The summed E-state index contributed by atoms with van der Waals surface area (Å²) in [5.74, 6) is -1.94. The van der Waals surface area contributed by atoms with Crippen molar-refractivity contribution in [2.45, 2.75) is 43.2 Å². The van der Waals surface area contributed by atoms with Gasteiger partial charge >= 0.3 is 0 Å². The van der Waals surface area contributed by atoms with Crippen LogP contribution in [0, 0.1) is 5.82 Å². The van der Waals surface area contributed by atoms with E-state index in [2.05, 4.69) is 14.9 Å². The van der Waals surface area contributed by atoms with Gasteiger partial charge in [-0.15, -0.1) is 0 Å². The minimum Gasteiger partial charge on any atom is -0.347 e. The van der Waals surface area contributed by atoms with Crippen molar-refractivity contribution in [1.29, 1.82) is 0 Å². The molecule has 2 aliphatic rings. The van der Waals surface area contributed by atoms with Gasteiger partial charge in [0.1, 0.15) is 5.82 Å². The van der Waals surface area contributed by atoms with Crippen molar-refractivity contribution < 1.29 is 26.0 Å². The zero-order valence-corrected chi connectivity index (χ0v) is 17.9. The second-order valence-corrected chi connectivity index (χ2v) is 11.4. The lowest BCUT2D eigenvalue weighted by Crippen LogP contribution is -2.52. The van der Waals surface area contributed by atoms with Crippen molar-refractivity contribution >= 4 is 25.8 Å². The zero-order valence-electron chi connectivity index (χ0n) is 16.2. The molecule has 3 rings (SSSR count). The van der Waals surface area contributed by atoms with E-state index in [1.165, 1.54) is 0 Å². The van der Waals surface area contributed by atoms with Gasteiger partial charge < -0.3 is 5.32 Å². The van der Waals surface area contributed by atoms with Crippen molar-refractivity contribution in [3.8, 4) is 0 Å². The van der Waals surface area contributed by atoms with Gasteiger partial charge in [-0.2, -0.15) is 0 Å². The summed E-state index contributed by atoms with van der Waals surface area (Å²) in [6.07, 6.45) is 3.03. The Labute approximate surface area is 170 Å². The Kier molecular flexibility index (Phi) is 6.61. The number of sulfonamides is 1. The molecule has 1 aromatic carbocycles. The Balaban J connectivity index is 1.83. The average molecular weight is 448 g/mol. The molecule has 11 heteroatoms. The van der Waals surface area contributed by atoms with Crippen LogP contribution in [0.15, 0.2) is 23.1 Å². The lowest BCUT2D eigenvalue weighted by molar-refractivity contribution is 0.0896. The number of hydrogen-bond donors (Lipinski definition) is 2. The Morgan fingerprint density at radius 3 is 2.55 bits per heavy atom. The Bertz CT molecular complexity index is 975. The molecule has 0 saturated carbocycles. The van der Waals surface area contributed by atoms with E-state index in [1.54, 1.807) is 6.92 Å². The molecule has 0 aliphatic carbocycles. The smallest absolute Gasteiger partial charge is 0.254 e. The van der Waals surface area contributed by atoms with Crippen LogP contribution >= 0.6 is 0 Å². The summed E-state index contributed by atoms with van der Waals surface area (Å²) in [6.45, 7) is 3.28. The van der Waals surface area contributed by atoms with E-state index >= 15 is 0 Å². The molecule has 0 bridgehead atoms. The molecular formula is C18H26FN3O5S2. The largest absolute Gasteiger partial charge is 0.347 e. The molecule has 1 aromatic rings. The molecule has 8 nitrogen and oxygen atoms in total. The topological polar surface area (TPSA) is 113 Å². The molecule has 2 heterocycles. The summed E-state index contributed by atoms with van der Waals surface area (Å²) in [5, 5.41) is 2.63. The monoisotopic (exact) mass is 447 g/mol. The standard InChI is InChI=1S/C18H26FN3O5S2/c1-2-20-29(26,27)13-6-7-15(19)14(10-13)18(23)21-16-11-28(24,25)12-17(16)22-8-4-3-5-9-22/h6-7,10,16-17,20H,2-5,8-9,11-12H2,1H3,(H,21,23). The number of sulfone groups is 1. The van der Waals surface area contributed by atoms with Gasteiger partial charge in [0, 0.05) is 12.6 Å². The number of nitrogens with one attached hydrogen (secondary N) is 2. The van der Waals surface area contributed by atoms with Crippen molar-refractivity contribution in [1.82, 2.24) is 14.9 Å². The molecular weight excluding hydrogens is 421 g/mol. The fourth-order valence-corrected chi connectivity index (χ4v) is 6.96. The predicted octanol–water partition coefficient (Wildman–Crippen LogP) is 0.505. The van der Waals surface area contributed by atoms with Crippen LogP contribution in [-0.4, -0.2) is 70.9 Å². The van der Waals surface area contributed by atoms with E-state index in [-0.39, 0.29) is 29.0 Å². The molecule has 2 N–H and O–H groups in total. The Morgan fingerprint density at radius 1 is 1.21 bits per heavy atom. The van der Waals surface area contributed by atoms with E-state index in [9.17, 15) is 26.0 Å². The Hall–Kier alpha value is -1.56. The van der Waals surface area contributed by atoms with Gasteiger partial charge in [0.15, 0.2) is 9.84 Å². The highest BCUT2D eigenvalue weighted by atomic mass is 32.2. The maximum Gasteiger partial charge on any atom is 0.254 e. The fraction of sp³-hybridized carbons (Fsp3) is 0.611. The van der Waals surface area contributed by atoms with Crippen molar-refractivity contribution in [3.05, 3.63) is 29.6 Å². The molecule has 2 atom stereocenters. The van der Waals surface area contributed by atoms with Crippen LogP contribution in [-0.2, 0) is 19.9 Å². The third-order valence-corrected chi connectivity index (χ3v) is 8.59. The summed E-state index contributed by atoms with van der Waals surface area (Å²) in [6, 6.07) is 1.95. The molecule has 2 fully saturated rings. The SMILES string of the molecule is CCNS(=O)(=O)c1ccc(F)c(C(=O)NC2CS(=O)(=O)CC2N2CCCCC2)c1. The van der Waals surface area contributed by atoms with Crippen LogP contribution in [0.4, 0.5) is 4.39 Å².